The number of hydrogen-bond donors (Lipinski definition) is 1. The molecule has 2 atom stereocenters. The number of nitrogens with one attached hydrogen (secondary N) is 1. The zero-order chi connectivity index (χ0) is 14.6. The van der Waals surface area contributed by atoms with Gasteiger partial charge in [0, 0.05) is 24.7 Å². The highest BCUT2D eigenvalue weighted by molar-refractivity contribution is 7.99. The van der Waals surface area contributed by atoms with Crippen molar-refractivity contribution in [3.05, 3.63) is 0 Å². The molecule has 0 aromatic rings. The quantitative estimate of drug-likeness (QED) is 0.842. The predicted octanol–water partition coefficient (Wildman–Crippen LogP) is 1.89. The average molecular weight is 300 g/mol. The Morgan fingerprint density at radius 1 is 1.25 bits per heavy atom. The molecule has 1 saturated heterocycles. The topological polar surface area (TPSA) is 41.6 Å². The maximum Gasteiger partial charge on any atom is 0.233 e. The first-order valence-corrected chi connectivity index (χ1v) is 9.05. The lowest BCUT2D eigenvalue weighted by molar-refractivity contribution is -0.122. The van der Waals surface area contributed by atoms with Gasteiger partial charge in [-0.3, -0.25) is 9.69 Å². The number of ether oxygens (including phenoxy) is 1. The molecule has 116 valence electrons. The van der Waals surface area contributed by atoms with Crippen LogP contribution in [-0.4, -0.2) is 60.2 Å². The van der Waals surface area contributed by atoms with Crippen LogP contribution in [0.1, 0.15) is 39.5 Å². The van der Waals surface area contributed by atoms with Crippen LogP contribution in [-0.2, 0) is 9.53 Å². The number of morpholine rings is 1. The molecule has 1 heterocycles. The van der Waals surface area contributed by atoms with E-state index in [1.165, 1.54) is 25.7 Å². The van der Waals surface area contributed by atoms with E-state index in [9.17, 15) is 4.79 Å². The van der Waals surface area contributed by atoms with E-state index in [4.69, 9.17) is 4.74 Å². The molecule has 20 heavy (non-hydrogen) atoms. The number of carbonyl (C=O) groups excluding carboxylic acids is 1. The van der Waals surface area contributed by atoms with Gasteiger partial charge >= 0.3 is 0 Å². The molecule has 1 aliphatic carbocycles. The Hall–Kier alpha value is -0.260. The molecule has 0 radical (unpaired) electrons. The van der Waals surface area contributed by atoms with Crippen LogP contribution in [0, 0.1) is 0 Å². The lowest BCUT2D eigenvalue weighted by Gasteiger charge is -2.47. The fourth-order valence-electron chi connectivity index (χ4n) is 3.59. The maximum absolute atomic E-state index is 12.2. The van der Waals surface area contributed by atoms with Crippen LogP contribution in [0.3, 0.4) is 0 Å². The number of hydrogen-bond acceptors (Lipinski definition) is 4. The minimum atomic E-state index is 0.0283. The fourth-order valence-corrected chi connectivity index (χ4v) is 3.87. The van der Waals surface area contributed by atoms with Crippen molar-refractivity contribution < 1.29 is 9.53 Å². The summed E-state index contributed by atoms with van der Waals surface area (Å²) in [5.41, 5.74) is 0.150. The van der Waals surface area contributed by atoms with Gasteiger partial charge in [0.2, 0.25) is 5.91 Å². The number of amides is 1. The van der Waals surface area contributed by atoms with Crippen LogP contribution in [0.4, 0.5) is 0 Å². The van der Waals surface area contributed by atoms with Gasteiger partial charge in [0.15, 0.2) is 0 Å². The Kier molecular flexibility index (Phi) is 5.75. The van der Waals surface area contributed by atoms with Gasteiger partial charge in [-0.1, -0.05) is 12.8 Å². The van der Waals surface area contributed by atoms with E-state index in [0.717, 1.165) is 26.3 Å². The molecule has 2 rings (SSSR count). The van der Waals surface area contributed by atoms with Crippen molar-refractivity contribution in [2.75, 3.05) is 32.6 Å². The number of thioether (sulfide) groups is 1. The summed E-state index contributed by atoms with van der Waals surface area (Å²) < 4.78 is 5.49. The molecule has 0 spiro atoms. The smallest absolute Gasteiger partial charge is 0.233 e. The maximum atomic E-state index is 12.2. The van der Waals surface area contributed by atoms with Gasteiger partial charge in [-0.2, -0.15) is 11.8 Å². The molecule has 5 heteroatoms. The Morgan fingerprint density at radius 3 is 2.40 bits per heavy atom. The summed E-state index contributed by atoms with van der Waals surface area (Å²) in [6.07, 6.45) is 6.93. The number of carbonyl (C=O) groups is 1. The second-order valence-corrected chi connectivity index (χ2v) is 7.20. The third-order valence-corrected chi connectivity index (χ3v) is 5.92. The van der Waals surface area contributed by atoms with Gasteiger partial charge in [0.05, 0.1) is 18.5 Å². The van der Waals surface area contributed by atoms with E-state index in [1.54, 1.807) is 11.8 Å². The first-order valence-electron chi connectivity index (χ1n) is 7.76. The Morgan fingerprint density at radius 2 is 1.85 bits per heavy atom. The normalized spacial score (nSPS) is 26.1. The minimum Gasteiger partial charge on any atom is -0.379 e. The summed E-state index contributed by atoms with van der Waals surface area (Å²) in [5, 5.41) is 3.30. The highest BCUT2D eigenvalue weighted by Crippen LogP contribution is 2.38. The Bertz CT molecular complexity index is 326. The summed E-state index contributed by atoms with van der Waals surface area (Å²) in [7, 11) is 0. The summed E-state index contributed by atoms with van der Waals surface area (Å²) in [4.78, 5) is 14.8. The van der Waals surface area contributed by atoms with Crippen molar-refractivity contribution in [2.24, 2.45) is 0 Å². The van der Waals surface area contributed by atoms with Gasteiger partial charge in [-0.05, 0) is 32.9 Å². The highest BCUT2D eigenvalue weighted by Gasteiger charge is 2.45. The molecular formula is C15H28N2O2S. The Balaban J connectivity index is 2.05. The van der Waals surface area contributed by atoms with Crippen LogP contribution < -0.4 is 5.32 Å². The third-order valence-electron chi connectivity index (χ3n) is 5.00. The van der Waals surface area contributed by atoms with Crippen LogP contribution in [0.25, 0.3) is 0 Å². The molecule has 2 fully saturated rings. The third kappa shape index (κ3) is 3.31. The van der Waals surface area contributed by atoms with Gasteiger partial charge < -0.3 is 10.1 Å². The molecule has 1 amide bonds. The van der Waals surface area contributed by atoms with E-state index in [2.05, 4.69) is 17.1 Å². The monoisotopic (exact) mass is 300 g/mol. The van der Waals surface area contributed by atoms with Gasteiger partial charge in [0.25, 0.3) is 0 Å². The van der Waals surface area contributed by atoms with E-state index >= 15 is 0 Å². The van der Waals surface area contributed by atoms with E-state index in [0.29, 0.717) is 0 Å². The molecule has 1 aliphatic heterocycles. The fraction of sp³-hybridized carbons (Fsp3) is 0.933. The minimum absolute atomic E-state index is 0.0283. The molecule has 0 aromatic heterocycles. The van der Waals surface area contributed by atoms with Gasteiger partial charge in [-0.15, -0.1) is 0 Å². The summed E-state index contributed by atoms with van der Waals surface area (Å²) >= 11 is 1.61. The largest absolute Gasteiger partial charge is 0.379 e. The molecule has 1 N–H and O–H groups in total. The van der Waals surface area contributed by atoms with Crippen LogP contribution >= 0.6 is 11.8 Å². The van der Waals surface area contributed by atoms with Gasteiger partial charge in [-0.25, -0.2) is 0 Å². The van der Waals surface area contributed by atoms with Crippen molar-refractivity contribution in [1.29, 1.82) is 0 Å². The first kappa shape index (κ1) is 16.1. The molecule has 0 aromatic carbocycles. The average Bonchev–Trinajstić information content (AvgIpc) is 2.98. The van der Waals surface area contributed by atoms with Crippen molar-refractivity contribution in [1.82, 2.24) is 10.2 Å². The van der Waals surface area contributed by atoms with Crippen molar-refractivity contribution in [3.63, 3.8) is 0 Å². The first-order chi connectivity index (χ1) is 9.60. The SMILES string of the molecule is CS[C@@H](C)C(=O)N[C@H](C)C1(N2CCOCC2)CCCC1. The highest BCUT2D eigenvalue weighted by atomic mass is 32.2. The molecule has 0 unspecified atom stereocenters. The van der Waals surface area contributed by atoms with Crippen LogP contribution in [0.15, 0.2) is 0 Å². The molecule has 1 saturated carbocycles. The zero-order valence-electron chi connectivity index (χ0n) is 13.0. The molecule has 2 aliphatic rings. The standard InChI is InChI=1S/C15H28N2O2S/c1-12(20-3)14(18)16-13(2)15(6-4-5-7-15)17-8-10-19-11-9-17/h12-13H,4-11H2,1-3H3,(H,16,18)/t12-,13+/m0/s1. The van der Waals surface area contributed by atoms with Gasteiger partial charge in [0.1, 0.15) is 0 Å². The number of rotatable bonds is 5. The second kappa shape index (κ2) is 7.14. The van der Waals surface area contributed by atoms with Crippen molar-refractivity contribution >= 4 is 17.7 Å². The van der Waals surface area contributed by atoms with E-state index in [-0.39, 0.29) is 22.7 Å². The van der Waals surface area contributed by atoms with Crippen LogP contribution in [0.5, 0.6) is 0 Å². The molecular weight excluding hydrogens is 272 g/mol. The predicted molar refractivity (Wildman–Crippen MR) is 84.2 cm³/mol. The van der Waals surface area contributed by atoms with Crippen molar-refractivity contribution in [3.8, 4) is 0 Å². The van der Waals surface area contributed by atoms with E-state index in [1.807, 2.05) is 13.2 Å². The number of nitrogens with zero attached hydrogens (tertiary/aromatic N) is 1. The van der Waals surface area contributed by atoms with Crippen LogP contribution in [0.2, 0.25) is 0 Å². The summed E-state index contributed by atoms with van der Waals surface area (Å²) in [6, 6.07) is 0.213. The lowest BCUT2D eigenvalue weighted by Crippen LogP contribution is -2.62. The summed E-state index contributed by atoms with van der Waals surface area (Å²) in [5.74, 6) is 0.171. The molecule has 4 nitrogen and oxygen atoms in total. The zero-order valence-corrected chi connectivity index (χ0v) is 13.8. The molecule has 0 bridgehead atoms. The lowest BCUT2D eigenvalue weighted by atomic mass is 9.86. The summed E-state index contributed by atoms with van der Waals surface area (Å²) in [6.45, 7) is 7.80. The Labute approximate surface area is 127 Å². The second-order valence-electron chi connectivity index (χ2n) is 6.02. The van der Waals surface area contributed by atoms with E-state index < -0.39 is 0 Å². The van der Waals surface area contributed by atoms with Crippen molar-refractivity contribution in [2.45, 2.75) is 56.4 Å².